The van der Waals surface area contributed by atoms with Crippen LogP contribution in [0.5, 0.6) is 0 Å². The summed E-state index contributed by atoms with van der Waals surface area (Å²) >= 11 is 1.21. The van der Waals surface area contributed by atoms with E-state index in [-0.39, 0.29) is 49.5 Å². The van der Waals surface area contributed by atoms with Crippen LogP contribution >= 0.6 is 11.8 Å². The van der Waals surface area contributed by atoms with Crippen molar-refractivity contribution in [2.45, 2.75) is 50.6 Å². The maximum atomic E-state index is 13.5. The number of amides is 3. The van der Waals surface area contributed by atoms with Crippen molar-refractivity contribution in [1.29, 1.82) is 0 Å². The van der Waals surface area contributed by atoms with E-state index >= 15 is 0 Å². The fraction of sp³-hybridized carbons (Fsp3) is 0.276. The highest BCUT2D eigenvalue weighted by molar-refractivity contribution is 8.15. The molecule has 3 heterocycles. The Labute approximate surface area is 234 Å². The Morgan fingerprint density at radius 1 is 1.07 bits per heavy atom. The molecule has 0 saturated heterocycles. The summed E-state index contributed by atoms with van der Waals surface area (Å²) in [7, 11) is 0. The fourth-order valence-electron chi connectivity index (χ4n) is 4.38. The van der Waals surface area contributed by atoms with E-state index in [1.807, 2.05) is 31.2 Å². The number of para-hydroxylation sites is 1. The molecule has 5 rings (SSSR count). The molecule has 3 aromatic rings. The van der Waals surface area contributed by atoms with Gasteiger partial charge < -0.3 is 15.1 Å². The van der Waals surface area contributed by atoms with E-state index in [9.17, 15) is 18.8 Å². The number of carbonyl (C=O) groups excluding carboxylic acids is 3. The van der Waals surface area contributed by atoms with Crippen molar-refractivity contribution in [3.63, 3.8) is 0 Å². The average molecular weight is 562 g/mol. The molecule has 3 amide bonds. The van der Waals surface area contributed by atoms with Gasteiger partial charge in [-0.1, -0.05) is 43.0 Å². The van der Waals surface area contributed by atoms with Crippen molar-refractivity contribution >= 4 is 46.2 Å². The Morgan fingerprint density at radius 2 is 1.88 bits per heavy atom. The lowest BCUT2D eigenvalue weighted by atomic mass is 10.1. The summed E-state index contributed by atoms with van der Waals surface area (Å²) in [6, 6.07) is 16.1. The predicted molar refractivity (Wildman–Crippen MR) is 150 cm³/mol. The lowest BCUT2D eigenvalue weighted by Crippen LogP contribution is -2.43. The number of carbonyl (C=O) groups is 3. The Balaban J connectivity index is 1.26. The molecule has 1 aromatic heterocycles. The number of hydrogen-bond donors (Lipinski definition) is 2. The third-order valence-electron chi connectivity index (χ3n) is 6.52. The summed E-state index contributed by atoms with van der Waals surface area (Å²) in [5.74, 6) is 0.0716. The largest absolute Gasteiger partial charge is 0.467 e. The SMILES string of the molecule is CC[C@H](SC1=Nc2ccccc2C2=N[C@H](CCC(=O)NCc3ccc(F)cc3)C(=O)N12)C(=O)NCc1ccco1. The third kappa shape index (κ3) is 6.15. The van der Waals surface area contributed by atoms with Gasteiger partial charge in [0, 0.05) is 18.5 Å². The summed E-state index contributed by atoms with van der Waals surface area (Å²) in [4.78, 5) is 49.9. The second kappa shape index (κ2) is 12.3. The van der Waals surface area contributed by atoms with E-state index in [0.717, 1.165) is 11.1 Å². The first kappa shape index (κ1) is 27.3. The van der Waals surface area contributed by atoms with E-state index < -0.39 is 11.3 Å². The summed E-state index contributed by atoms with van der Waals surface area (Å²) < 4.78 is 18.4. The molecule has 2 N–H and O–H groups in total. The molecule has 0 saturated carbocycles. The lowest BCUT2D eigenvalue weighted by Gasteiger charge is -2.27. The number of nitrogens with one attached hydrogen (secondary N) is 2. The van der Waals surface area contributed by atoms with E-state index in [1.54, 1.807) is 30.5 Å². The van der Waals surface area contributed by atoms with Crippen molar-refractivity contribution in [2.24, 2.45) is 9.98 Å². The molecule has 0 fully saturated rings. The van der Waals surface area contributed by atoms with Crippen LogP contribution in [0.25, 0.3) is 0 Å². The highest BCUT2D eigenvalue weighted by Gasteiger charge is 2.42. The molecule has 9 nitrogen and oxygen atoms in total. The zero-order valence-corrected chi connectivity index (χ0v) is 22.6. The third-order valence-corrected chi connectivity index (χ3v) is 7.84. The highest BCUT2D eigenvalue weighted by atomic mass is 32.2. The Bertz CT molecular complexity index is 1460. The zero-order valence-electron chi connectivity index (χ0n) is 21.8. The van der Waals surface area contributed by atoms with Crippen molar-refractivity contribution < 1.29 is 23.2 Å². The Hall–Kier alpha value is -4.25. The molecule has 206 valence electrons. The van der Waals surface area contributed by atoms with Crippen LogP contribution in [0, 0.1) is 5.82 Å². The van der Waals surface area contributed by atoms with Gasteiger partial charge in [0.2, 0.25) is 11.8 Å². The van der Waals surface area contributed by atoms with Crippen LogP contribution in [0.2, 0.25) is 0 Å². The van der Waals surface area contributed by atoms with Crippen LogP contribution in [-0.4, -0.2) is 44.9 Å². The molecule has 2 atom stereocenters. The van der Waals surface area contributed by atoms with E-state index in [2.05, 4.69) is 10.6 Å². The molecule has 2 aliphatic heterocycles. The summed E-state index contributed by atoms with van der Waals surface area (Å²) in [5.41, 5.74) is 2.16. The van der Waals surface area contributed by atoms with Crippen molar-refractivity contribution in [1.82, 2.24) is 15.5 Å². The summed E-state index contributed by atoms with van der Waals surface area (Å²) in [6.07, 6.45) is 2.37. The fourth-order valence-corrected chi connectivity index (χ4v) is 5.42. The zero-order chi connectivity index (χ0) is 28.1. The summed E-state index contributed by atoms with van der Waals surface area (Å²) in [5, 5.41) is 5.56. The maximum absolute atomic E-state index is 13.5. The average Bonchev–Trinajstić information content (AvgIpc) is 3.61. The number of furan rings is 1. The maximum Gasteiger partial charge on any atom is 0.259 e. The topological polar surface area (TPSA) is 116 Å². The second-order valence-electron chi connectivity index (χ2n) is 9.31. The van der Waals surface area contributed by atoms with Gasteiger partial charge in [-0.25, -0.2) is 14.3 Å². The van der Waals surface area contributed by atoms with E-state index in [0.29, 0.717) is 28.9 Å². The van der Waals surface area contributed by atoms with Crippen molar-refractivity contribution in [3.8, 4) is 0 Å². The first-order valence-electron chi connectivity index (χ1n) is 13.0. The molecule has 11 heteroatoms. The smallest absolute Gasteiger partial charge is 0.259 e. The molecule has 0 radical (unpaired) electrons. The number of thioether (sulfide) groups is 1. The number of hydrogen-bond acceptors (Lipinski definition) is 7. The highest BCUT2D eigenvalue weighted by Crippen LogP contribution is 2.35. The number of rotatable bonds is 10. The molecule has 0 spiro atoms. The molecule has 0 bridgehead atoms. The molecular weight excluding hydrogens is 533 g/mol. The molecule has 2 aromatic carbocycles. The number of amidine groups is 2. The normalized spacial score (nSPS) is 16.5. The molecular formula is C29H28FN5O4S. The van der Waals surface area contributed by atoms with Crippen LogP contribution in [-0.2, 0) is 27.5 Å². The Kier molecular flexibility index (Phi) is 8.40. The monoisotopic (exact) mass is 561 g/mol. The van der Waals surface area contributed by atoms with Crippen LogP contribution in [0.1, 0.15) is 43.1 Å². The van der Waals surface area contributed by atoms with Crippen LogP contribution < -0.4 is 10.6 Å². The lowest BCUT2D eigenvalue weighted by molar-refractivity contribution is -0.125. The molecule has 0 aliphatic carbocycles. The van der Waals surface area contributed by atoms with E-state index in [1.165, 1.54) is 28.8 Å². The number of benzene rings is 2. The quantitative estimate of drug-likeness (QED) is 0.383. The first-order chi connectivity index (χ1) is 19.4. The standard InChI is InChI=1S/C29H28FN5O4S/c1-2-24(27(37)32-17-20-6-5-15-39-20)40-29-34-22-8-4-3-7-21(22)26-33-23(28(38)35(26)29)13-14-25(36)31-16-18-9-11-19(30)12-10-18/h3-12,15,23-24H,2,13-14,16-17H2,1H3,(H,31,36)(H,32,37)/t23-,24+/m1/s1. The molecule has 40 heavy (non-hydrogen) atoms. The van der Waals surface area contributed by atoms with Gasteiger partial charge in [0.1, 0.15) is 23.5 Å². The van der Waals surface area contributed by atoms with Crippen molar-refractivity contribution in [2.75, 3.05) is 0 Å². The van der Waals surface area contributed by atoms with Gasteiger partial charge >= 0.3 is 0 Å². The molecule has 0 unspecified atom stereocenters. The number of halogens is 1. The number of fused-ring (bicyclic) bond motifs is 3. The molecule has 2 aliphatic rings. The van der Waals surface area contributed by atoms with Gasteiger partial charge in [0.25, 0.3) is 5.91 Å². The summed E-state index contributed by atoms with van der Waals surface area (Å²) in [6.45, 7) is 2.42. The van der Waals surface area contributed by atoms with Crippen LogP contribution in [0.15, 0.2) is 81.3 Å². The van der Waals surface area contributed by atoms with Gasteiger partial charge in [-0.2, -0.15) is 0 Å². The minimum absolute atomic E-state index is 0.0935. The number of nitrogens with zero attached hydrogens (tertiary/aromatic N) is 3. The minimum Gasteiger partial charge on any atom is -0.467 e. The predicted octanol–water partition coefficient (Wildman–Crippen LogP) is 4.30. The van der Waals surface area contributed by atoms with Crippen molar-refractivity contribution in [3.05, 3.63) is 89.6 Å². The van der Waals surface area contributed by atoms with Gasteiger partial charge in [-0.05, 0) is 54.8 Å². The van der Waals surface area contributed by atoms with Gasteiger partial charge in [-0.15, -0.1) is 0 Å². The van der Waals surface area contributed by atoms with Crippen LogP contribution in [0.4, 0.5) is 10.1 Å². The van der Waals surface area contributed by atoms with E-state index in [4.69, 9.17) is 14.4 Å². The van der Waals surface area contributed by atoms with Gasteiger partial charge in [0.15, 0.2) is 5.17 Å². The van der Waals surface area contributed by atoms with Crippen LogP contribution in [0.3, 0.4) is 0 Å². The Morgan fingerprint density at radius 3 is 2.62 bits per heavy atom. The van der Waals surface area contributed by atoms with Gasteiger partial charge in [-0.3, -0.25) is 19.4 Å². The minimum atomic E-state index is -0.753. The second-order valence-corrected chi connectivity index (χ2v) is 10.5. The van der Waals surface area contributed by atoms with Gasteiger partial charge in [0.05, 0.1) is 23.7 Å². The first-order valence-corrected chi connectivity index (χ1v) is 13.9. The number of aliphatic imine (C=N–C) groups is 2.